The number of imidazole rings is 1. The van der Waals surface area contributed by atoms with Crippen molar-refractivity contribution < 1.29 is 9.53 Å². The van der Waals surface area contributed by atoms with Crippen LogP contribution in [0.25, 0.3) is 0 Å². The summed E-state index contributed by atoms with van der Waals surface area (Å²) in [5.74, 6) is 1.50. The molecule has 2 amide bonds. The van der Waals surface area contributed by atoms with Crippen LogP contribution < -0.4 is 10.1 Å². The molecule has 1 aromatic carbocycles. The average molecular weight is 385 g/mol. The SMILES string of the molecule is COc1cccc(C(NC(=O)N(C)Cc2sccc2C)c2nccn2C)c1. The summed E-state index contributed by atoms with van der Waals surface area (Å²) in [6, 6.07) is 9.22. The van der Waals surface area contributed by atoms with Gasteiger partial charge in [-0.1, -0.05) is 12.1 Å². The summed E-state index contributed by atoms with van der Waals surface area (Å²) in [6.45, 7) is 2.63. The van der Waals surface area contributed by atoms with Crippen LogP contribution in [-0.4, -0.2) is 34.6 Å². The van der Waals surface area contributed by atoms with Gasteiger partial charge in [0.1, 0.15) is 17.6 Å². The van der Waals surface area contributed by atoms with Gasteiger partial charge < -0.3 is 19.5 Å². The monoisotopic (exact) mass is 384 g/mol. The third-order valence-electron chi connectivity index (χ3n) is 4.51. The van der Waals surface area contributed by atoms with Gasteiger partial charge in [-0.05, 0) is 41.6 Å². The number of hydrogen-bond donors (Lipinski definition) is 1. The minimum absolute atomic E-state index is 0.154. The summed E-state index contributed by atoms with van der Waals surface area (Å²) >= 11 is 1.66. The molecule has 0 fully saturated rings. The van der Waals surface area contributed by atoms with Gasteiger partial charge >= 0.3 is 6.03 Å². The van der Waals surface area contributed by atoms with Gasteiger partial charge in [0.25, 0.3) is 0 Å². The van der Waals surface area contributed by atoms with Crippen molar-refractivity contribution in [3.8, 4) is 5.75 Å². The molecule has 1 N–H and O–H groups in total. The predicted molar refractivity (Wildman–Crippen MR) is 107 cm³/mol. The molecule has 0 aliphatic rings. The Kier molecular flexibility index (Phi) is 5.81. The molecule has 0 radical (unpaired) electrons. The number of nitrogens with zero attached hydrogens (tertiary/aromatic N) is 3. The summed E-state index contributed by atoms with van der Waals surface area (Å²) in [5.41, 5.74) is 2.12. The number of aromatic nitrogens is 2. The molecule has 0 spiro atoms. The molecular formula is C20H24N4O2S. The van der Waals surface area contributed by atoms with Crippen LogP contribution in [0.5, 0.6) is 5.75 Å². The van der Waals surface area contributed by atoms with Crippen molar-refractivity contribution in [2.75, 3.05) is 14.2 Å². The van der Waals surface area contributed by atoms with E-state index >= 15 is 0 Å². The number of carbonyl (C=O) groups is 1. The number of hydrogen-bond acceptors (Lipinski definition) is 4. The number of aryl methyl sites for hydroxylation is 2. The largest absolute Gasteiger partial charge is 0.497 e. The number of thiophene rings is 1. The molecule has 1 unspecified atom stereocenters. The van der Waals surface area contributed by atoms with E-state index in [0.29, 0.717) is 6.54 Å². The standard InChI is InChI=1S/C20H24N4O2S/c1-14-8-11-27-17(14)13-24(3)20(25)22-18(19-21-9-10-23(19)2)15-6-5-7-16(12-15)26-4/h5-12,18H,13H2,1-4H3,(H,22,25). The van der Waals surface area contributed by atoms with E-state index in [1.165, 1.54) is 10.4 Å². The first-order valence-electron chi connectivity index (χ1n) is 8.65. The second-order valence-corrected chi connectivity index (χ2v) is 7.44. The van der Waals surface area contributed by atoms with Crippen molar-refractivity contribution in [3.63, 3.8) is 0 Å². The molecular weight excluding hydrogens is 360 g/mol. The van der Waals surface area contributed by atoms with E-state index in [1.807, 2.05) is 47.5 Å². The molecule has 0 aliphatic carbocycles. The summed E-state index contributed by atoms with van der Waals surface area (Å²) in [6.07, 6.45) is 3.60. The molecule has 0 bridgehead atoms. The predicted octanol–water partition coefficient (Wildman–Crippen LogP) is 3.73. The third-order valence-corrected chi connectivity index (χ3v) is 5.51. The van der Waals surface area contributed by atoms with Gasteiger partial charge in [0, 0.05) is 31.4 Å². The van der Waals surface area contributed by atoms with Crippen LogP contribution in [0.2, 0.25) is 0 Å². The Morgan fingerprint density at radius 3 is 2.85 bits per heavy atom. The average Bonchev–Trinajstić information content (AvgIpc) is 3.27. The molecule has 3 rings (SSSR count). The molecule has 6 nitrogen and oxygen atoms in total. The van der Waals surface area contributed by atoms with E-state index in [1.54, 1.807) is 36.6 Å². The Hall–Kier alpha value is -2.80. The number of benzene rings is 1. The molecule has 0 saturated heterocycles. The van der Waals surface area contributed by atoms with Crippen molar-refractivity contribution in [3.05, 3.63) is 69.9 Å². The smallest absolute Gasteiger partial charge is 0.318 e. The second kappa shape index (κ2) is 8.26. The Morgan fingerprint density at radius 2 is 2.22 bits per heavy atom. The third kappa shape index (κ3) is 4.31. The van der Waals surface area contributed by atoms with E-state index in [0.717, 1.165) is 17.1 Å². The number of urea groups is 1. The zero-order valence-electron chi connectivity index (χ0n) is 16.0. The van der Waals surface area contributed by atoms with Crippen molar-refractivity contribution in [1.82, 2.24) is 19.8 Å². The first-order valence-corrected chi connectivity index (χ1v) is 9.53. The lowest BCUT2D eigenvalue weighted by atomic mass is 10.1. The number of methoxy groups -OCH3 is 1. The summed E-state index contributed by atoms with van der Waals surface area (Å²) in [4.78, 5) is 20.2. The van der Waals surface area contributed by atoms with Gasteiger partial charge in [-0.25, -0.2) is 9.78 Å². The zero-order valence-corrected chi connectivity index (χ0v) is 16.8. The first-order chi connectivity index (χ1) is 13.0. The lowest BCUT2D eigenvalue weighted by molar-refractivity contribution is 0.204. The van der Waals surface area contributed by atoms with Gasteiger partial charge in [0.2, 0.25) is 0 Å². The number of amides is 2. The topological polar surface area (TPSA) is 59.4 Å². The summed E-state index contributed by atoms with van der Waals surface area (Å²) < 4.78 is 7.25. The highest BCUT2D eigenvalue weighted by Gasteiger charge is 2.23. The highest BCUT2D eigenvalue weighted by atomic mass is 32.1. The lowest BCUT2D eigenvalue weighted by Crippen LogP contribution is -2.40. The van der Waals surface area contributed by atoms with Crippen LogP contribution in [0, 0.1) is 6.92 Å². The maximum absolute atomic E-state index is 12.9. The number of rotatable bonds is 6. The molecule has 3 aromatic rings. The molecule has 2 aromatic heterocycles. The molecule has 0 aliphatic heterocycles. The molecule has 1 atom stereocenters. The van der Waals surface area contributed by atoms with Crippen LogP contribution in [0.3, 0.4) is 0 Å². The maximum Gasteiger partial charge on any atom is 0.318 e. The Labute approximate surface area is 163 Å². The van der Waals surface area contributed by atoms with Gasteiger partial charge in [-0.2, -0.15) is 0 Å². The normalized spacial score (nSPS) is 11.9. The molecule has 142 valence electrons. The molecule has 2 heterocycles. The van der Waals surface area contributed by atoms with E-state index in [4.69, 9.17) is 4.74 Å². The lowest BCUT2D eigenvalue weighted by Gasteiger charge is -2.24. The fraction of sp³-hybridized carbons (Fsp3) is 0.300. The molecule has 7 heteroatoms. The van der Waals surface area contributed by atoms with Crippen LogP contribution in [0.15, 0.2) is 48.1 Å². The Morgan fingerprint density at radius 1 is 1.41 bits per heavy atom. The molecule has 0 saturated carbocycles. The van der Waals surface area contributed by atoms with Crippen LogP contribution in [-0.2, 0) is 13.6 Å². The van der Waals surface area contributed by atoms with Crippen molar-refractivity contribution >= 4 is 17.4 Å². The van der Waals surface area contributed by atoms with Crippen LogP contribution in [0.4, 0.5) is 4.79 Å². The quantitative estimate of drug-likeness (QED) is 0.704. The van der Waals surface area contributed by atoms with E-state index in [2.05, 4.69) is 23.3 Å². The van der Waals surface area contributed by atoms with Gasteiger partial charge in [-0.3, -0.25) is 0 Å². The summed E-state index contributed by atoms with van der Waals surface area (Å²) in [7, 11) is 5.35. The van der Waals surface area contributed by atoms with Crippen molar-refractivity contribution in [2.45, 2.75) is 19.5 Å². The highest BCUT2D eigenvalue weighted by molar-refractivity contribution is 7.10. The Balaban J connectivity index is 1.84. The number of ether oxygens (including phenoxy) is 1. The molecule has 27 heavy (non-hydrogen) atoms. The maximum atomic E-state index is 12.9. The van der Waals surface area contributed by atoms with Crippen molar-refractivity contribution in [2.24, 2.45) is 7.05 Å². The van der Waals surface area contributed by atoms with E-state index in [-0.39, 0.29) is 12.1 Å². The van der Waals surface area contributed by atoms with Gasteiger partial charge in [0.15, 0.2) is 0 Å². The number of carbonyl (C=O) groups excluding carboxylic acids is 1. The van der Waals surface area contributed by atoms with Crippen molar-refractivity contribution in [1.29, 1.82) is 0 Å². The highest BCUT2D eigenvalue weighted by Crippen LogP contribution is 2.25. The minimum atomic E-state index is -0.375. The zero-order chi connectivity index (χ0) is 19.4. The van der Waals surface area contributed by atoms with Gasteiger partial charge in [0.05, 0.1) is 13.7 Å². The number of nitrogens with one attached hydrogen (secondary N) is 1. The fourth-order valence-electron chi connectivity index (χ4n) is 2.86. The summed E-state index contributed by atoms with van der Waals surface area (Å²) in [5, 5.41) is 5.16. The van der Waals surface area contributed by atoms with Crippen LogP contribution >= 0.6 is 11.3 Å². The second-order valence-electron chi connectivity index (χ2n) is 6.44. The first kappa shape index (κ1) is 19.0. The van der Waals surface area contributed by atoms with Gasteiger partial charge in [-0.15, -0.1) is 11.3 Å². The fourth-order valence-corrected chi connectivity index (χ4v) is 3.82. The van der Waals surface area contributed by atoms with Crippen LogP contribution in [0.1, 0.15) is 27.9 Å². The van der Waals surface area contributed by atoms with E-state index < -0.39 is 0 Å². The Bertz CT molecular complexity index is 918. The minimum Gasteiger partial charge on any atom is -0.497 e. The van der Waals surface area contributed by atoms with E-state index in [9.17, 15) is 4.79 Å².